The number of benzene rings is 1. The summed E-state index contributed by atoms with van der Waals surface area (Å²) in [5.74, 6) is 0. The summed E-state index contributed by atoms with van der Waals surface area (Å²) in [5.41, 5.74) is 1.41. The molecule has 0 bridgehead atoms. The Morgan fingerprint density at radius 1 is 1.46 bits per heavy atom. The van der Waals surface area contributed by atoms with E-state index in [0.717, 1.165) is 5.56 Å². The standard InChI is InChI=1S/C11H14O2/c1-9-3-2-4-10(7-9)11(12)5-6-13-8-11/h2-4,7,12H,5-6,8H2,1H3. The molecule has 70 valence electrons. The van der Waals surface area contributed by atoms with Crippen LogP contribution in [0.25, 0.3) is 0 Å². The van der Waals surface area contributed by atoms with E-state index in [2.05, 4.69) is 0 Å². The minimum atomic E-state index is -0.744. The second-order valence-corrected chi connectivity index (χ2v) is 3.70. The SMILES string of the molecule is Cc1cccc(C2(O)CCOC2)c1. The molecule has 1 aliphatic heterocycles. The molecule has 1 saturated heterocycles. The van der Waals surface area contributed by atoms with Gasteiger partial charge in [0.1, 0.15) is 5.60 Å². The molecular formula is C11H14O2. The molecule has 1 aromatic rings. The Morgan fingerprint density at radius 2 is 2.31 bits per heavy atom. The van der Waals surface area contributed by atoms with E-state index in [-0.39, 0.29) is 0 Å². The van der Waals surface area contributed by atoms with E-state index >= 15 is 0 Å². The van der Waals surface area contributed by atoms with Crippen molar-refractivity contribution in [2.24, 2.45) is 0 Å². The highest BCUT2D eigenvalue weighted by Crippen LogP contribution is 2.30. The van der Waals surface area contributed by atoms with Crippen molar-refractivity contribution in [2.75, 3.05) is 13.2 Å². The van der Waals surface area contributed by atoms with Crippen molar-refractivity contribution >= 4 is 0 Å². The van der Waals surface area contributed by atoms with E-state index in [0.29, 0.717) is 19.6 Å². The van der Waals surface area contributed by atoms with Gasteiger partial charge in [0.15, 0.2) is 0 Å². The van der Waals surface area contributed by atoms with Gasteiger partial charge in [0.25, 0.3) is 0 Å². The van der Waals surface area contributed by atoms with Crippen LogP contribution in [0.3, 0.4) is 0 Å². The summed E-state index contributed by atoms with van der Waals surface area (Å²) in [6.07, 6.45) is 0.705. The third kappa shape index (κ3) is 1.60. The van der Waals surface area contributed by atoms with Gasteiger partial charge in [-0.1, -0.05) is 29.8 Å². The largest absolute Gasteiger partial charge is 0.383 e. The van der Waals surface area contributed by atoms with Crippen LogP contribution in [0.1, 0.15) is 17.5 Å². The molecule has 1 heterocycles. The summed E-state index contributed by atoms with van der Waals surface area (Å²) in [6.45, 7) is 3.11. The maximum absolute atomic E-state index is 10.2. The highest BCUT2D eigenvalue weighted by Gasteiger charge is 2.33. The van der Waals surface area contributed by atoms with E-state index in [9.17, 15) is 5.11 Å². The molecule has 0 aromatic heterocycles. The van der Waals surface area contributed by atoms with Crippen LogP contribution in [-0.2, 0) is 10.3 Å². The molecule has 2 rings (SSSR count). The Bertz CT molecular complexity index is 301. The Kier molecular flexibility index (Phi) is 2.10. The lowest BCUT2D eigenvalue weighted by molar-refractivity contribution is 0.0231. The van der Waals surface area contributed by atoms with Gasteiger partial charge in [-0.05, 0) is 12.5 Å². The first-order valence-corrected chi connectivity index (χ1v) is 4.58. The van der Waals surface area contributed by atoms with Crippen molar-refractivity contribution in [1.29, 1.82) is 0 Å². The van der Waals surface area contributed by atoms with Gasteiger partial charge in [-0.15, -0.1) is 0 Å². The van der Waals surface area contributed by atoms with Crippen molar-refractivity contribution in [3.05, 3.63) is 35.4 Å². The van der Waals surface area contributed by atoms with E-state index < -0.39 is 5.60 Å². The molecule has 0 spiro atoms. The van der Waals surface area contributed by atoms with E-state index in [1.54, 1.807) is 0 Å². The Balaban J connectivity index is 2.33. The summed E-state index contributed by atoms with van der Waals surface area (Å²) in [7, 11) is 0. The number of hydrogen-bond acceptors (Lipinski definition) is 2. The van der Waals surface area contributed by atoms with Crippen LogP contribution in [0.4, 0.5) is 0 Å². The van der Waals surface area contributed by atoms with Gasteiger partial charge in [-0.25, -0.2) is 0 Å². The fourth-order valence-electron chi connectivity index (χ4n) is 1.72. The van der Waals surface area contributed by atoms with E-state index in [4.69, 9.17) is 4.74 Å². The van der Waals surface area contributed by atoms with Crippen LogP contribution >= 0.6 is 0 Å². The number of aryl methyl sites for hydroxylation is 1. The first kappa shape index (κ1) is 8.73. The molecule has 13 heavy (non-hydrogen) atoms. The Labute approximate surface area is 78.2 Å². The molecule has 0 amide bonds. The lowest BCUT2D eigenvalue weighted by Gasteiger charge is -2.21. The highest BCUT2D eigenvalue weighted by atomic mass is 16.5. The van der Waals surface area contributed by atoms with Crippen molar-refractivity contribution in [3.8, 4) is 0 Å². The minimum absolute atomic E-state index is 0.427. The topological polar surface area (TPSA) is 29.5 Å². The van der Waals surface area contributed by atoms with Crippen LogP contribution in [0.5, 0.6) is 0 Å². The fourth-order valence-corrected chi connectivity index (χ4v) is 1.72. The summed E-state index contributed by atoms with van der Waals surface area (Å²) in [4.78, 5) is 0. The lowest BCUT2D eigenvalue weighted by atomic mass is 9.92. The molecule has 1 N–H and O–H groups in total. The van der Waals surface area contributed by atoms with Crippen molar-refractivity contribution in [1.82, 2.24) is 0 Å². The molecule has 1 aliphatic rings. The number of ether oxygens (including phenoxy) is 1. The molecule has 1 aromatic carbocycles. The zero-order valence-corrected chi connectivity index (χ0v) is 7.79. The minimum Gasteiger partial charge on any atom is -0.383 e. The summed E-state index contributed by atoms with van der Waals surface area (Å²) < 4.78 is 5.20. The maximum Gasteiger partial charge on any atom is 0.115 e. The van der Waals surface area contributed by atoms with Crippen molar-refractivity contribution < 1.29 is 9.84 Å². The molecule has 0 aliphatic carbocycles. The molecule has 0 radical (unpaired) electrons. The summed E-state index contributed by atoms with van der Waals surface area (Å²) in [5, 5.41) is 10.2. The third-order valence-corrected chi connectivity index (χ3v) is 2.56. The van der Waals surface area contributed by atoms with Gasteiger partial charge in [0, 0.05) is 13.0 Å². The molecule has 1 atom stereocenters. The van der Waals surface area contributed by atoms with Gasteiger partial charge in [-0.3, -0.25) is 0 Å². The van der Waals surface area contributed by atoms with Gasteiger partial charge < -0.3 is 9.84 Å². The van der Waals surface area contributed by atoms with Gasteiger partial charge in [-0.2, -0.15) is 0 Å². The van der Waals surface area contributed by atoms with Gasteiger partial charge >= 0.3 is 0 Å². The number of aliphatic hydroxyl groups is 1. The first-order valence-electron chi connectivity index (χ1n) is 4.58. The summed E-state index contributed by atoms with van der Waals surface area (Å²) >= 11 is 0. The average molecular weight is 178 g/mol. The van der Waals surface area contributed by atoms with E-state index in [1.807, 2.05) is 31.2 Å². The Hall–Kier alpha value is -0.860. The lowest BCUT2D eigenvalue weighted by Crippen LogP contribution is -2.25. The summed E-state index contributed by atoms with van der Waals surface area (Å²) in [6, 6.07) is 7.99. The molecule has 2 heteroatoms. The van der Waals surface area contributed by atoms with Crippen molar-refractivity contribution in [3.63, 3.8) is 0 Å². The third-order valence-electron chi connectivity index (χ3n) is 2.56. The molecule has 0 saturated carbocycles. The monoisotopic (exact) mass is 178 g/mol. The number of rotatable bonds is 1. The molecule has 1 fully saturated rings. The maximum atomic E-state index is 10.2. The number of hydrogen-bond donors (Lipinski definition) is 1. The predicted octanol–water partition coefficient (Wildman–Crippen LogP) is 1.60. The average Bonchev–Trinajstić information content (AvgIpc) is 2.54. The molecular weight excluding hydrogens is 164 g/mol. The fraction of sp³-hybridized carbons (Fsp3) is 0.455. The first-order chi connectivity index (χ1) is 6.21. The van der Waals surface area contributed by atoms with Crippen LogP contribution < -0.4 is 0 Å². The van der Waals surface area contributed by atoms with E-state index in [1.165, 1.54) is 5.56 Å². The van der Waals surface area contributed by atoms with Crippen LogP contribution in [-0.4, -0.2) is 18.3 Å². The van der Waals surface area contributed by atoms with Crippen LogP contribution in [0.15, 0.2) is 24.3 Å². The second kappa shape index (κ2) is 3.13. The second-order valence-electron chi connectivity index (χ2n) is 3.70. The smallest absolute Gasteiger partial charge is 0.115 e. The van der Waals surface area contributed by atoms with Crippen molar-refractivity contribution in [2.45, 2.75) is 18.9 Å². The highest BCUT2D eigenvalue weighted by molar-refractivity contribution is 5.28. The quantitative estimate of drug-likeness (QED) is 0.707. The Morgan fingerprint density at radius 3 is 2.92 bits per heavy atom. The van der Waals surface area contributed by atoms with Gasteiger partial charge in [0.2, 0.25) is 0 Å². The molecule has 2 nitrogen and oxygen atoms in total. The van der Waals surface area contributed by atoms with Crippen LogP contribution in [0, 0.1) is 6.92 Å². The zero-order chi connectivity index (χ0) is 9.31. The van der Waals surface area contributed by atoms with Gasteiger partial charge in [0.05, 0.1) is 6.61 Å². The predicted molar refractivity (Wildman–Crippen MR) is 50.5 cm³/mol. The molecule has 1 unspecified atom stereocenters. The normalized spacial score (nSPS) is 27.8. The zero-order valence-electron chi connectivity index (χ0n) is 7.79. The van der Waals surface area contributed by atoms with Crippen LogP contribution in [0.2, 0.25) is 0 Å².